The second-order valence-corrected chi connectivity index (χ2v) is 4.69. The summed E-state index contributed by atoms with van der Waals surface area (Å²) in [5.74, 6) is 0.846. The number of nitrogen functional groups attached to an aromatic ring is 1. The highest BCUT2D eigenvalue weighted by Crippen LogP contribution is 2.28. The fourth-order valence-electron chi connectivity index (χ4n) is 2.23. The van der Waals surface area contributed by atoms with Crippen LogP contribution < -0.4 is 11.1 Å². The maximum atomic E-state index is 6.00. The van der Waals surface area contributed by atoms with Crippen molar-refractivity contribution < 1.29 is 4.52 Å². The summed E-state index contributed by atoms with van der Waals surface area (Å²) < 4.78 is 5.18. The van der Waals surface area contributed by atoms with Gasteiger partial charge in [-0.3, -0.25) is 0 Å². The molecule has 1 unspecified atom stereocenters. The summed E-state index contributed by atoms with van der Waals surface area (Å²) in [6, 6.07) is 6.11. The number of aryl methyl sites for hydroxylation is 3. The van der Waals surface area contributed by atoms with Crippen LogP contribution in [-0.4, -0.2) is 5.16 Å². The summed E-state index contributed by atoms with van der Waals surface area (Å²) in [7, 11) is 0. The fourth-order valence-corrected chi connectivity index (χ4v) is 2.23. The monoisotopic (exact) mass is 245 g/mol. The molecule has 0 aliphatic carbocycles. The van der Waals surface area contributed by atoms with Gasteiger partial charge in [-0.15, -0.1) is 0 Å². The number of hydrogen-bond donors (Lipinski definition) is 2. The first kappa shape index (κ1) is 12.5. The van der Waals surface area contributed by atoms with E-state index in [9.17, 15) is 0 Å². The lowest BCUT2D eigenvalue weighted by atomic mass is 10.1. The van der Waals surface area contributed by atoms with Crippen LogP contribution in [0, 0.1) is 20.8 Å². The Bertz CT molecular complexity index is 541. The number of hydrogen-bond acceptors (Lipinski definition) is 4. The molecule has 0 radical (unpaired) electrons. The first-order chi connectivity index (χ1) is 8.49. The van der Waals surface area contributed by atoms with E-state index in [4.69, 9.17) is 10.3 Å². The molecule has 0 aliphatic heterocycles. The summed E-state index contributed by atoms with van der Waals surface area (Å²) in [5, 5.41) is 7.37. The first-order valence-corrected chi connectivity index (χ1v) is 6.04. The Morgan fingerprint density at radius 2 is 2.00 bits per heavy atom. The van der Waals surface area contributed by atoms with E-state index in [2.05, 4.69) is 17.4 Å². The quantitative estimate of drug-likeness (QED) is 0.814. The van der Waals surface area contributed by atoms with E-state index < -0.39 is 0 Å². The van der Waals surface area contributed by atoms with Crippen LogP contribution in [0.5, 0.6) is 0 Å². The van der Waals surface area contributed by atoms with Crippen LogP contribution >= 0.6 is 0 Å². The topological polar surface area (TPSA) is 64.1 Å². The zero-order valence-electron chi connectivity index (χ0n) is 11.2. The first-order valence-electron chi connectivity index (χ1n) is 6.04. The van der Waals surface area contributed by atoms with Gasteiger partial charge in [0.05, 0.1) is 23.1 Å². The van der Waals surface area contributed by atoms with E-state index in [0.29, 0.717) is 0 Å². The molecule has 18 heavy (non-hydrogen) atoms. The van der Waals surface area contributed by atoms with Crippen LogP contribution in [0.15, 0.2) is 22.7 Å². The summed E-state index contributed by atoms with van der Waals surface area (Å²) in [6.07, 6.45) is 0. The minimum atomic E-state index is 0.112. The summed E-state index contributed by atoms with van der Waals surface area (Å²) in [6.45, 7) is 7.97. The smallest absolute Gasteiger partial charge is 0.139 e. The number of benzene rings is 1. The Morgan fingerprint density at radius 3 is 2.56 bits per heavy atom. The fraction of sp³-hybridized carbons (Fsp3) is 0.357. The molecular formula is C14H19N3O. The lowest BCUT2D eigenvalue weighted by Gasteiger charge is -2.17. The summed E-state index contributed by atoms with van der Waals surface area (Å²) in [5.41, 5.74) is 10.9. The van der Waals surface area contributed by atoms with Crippen molar-refractivity contribution in [3.63, 3.8) is 0 Å². The Hall–Kier alpha value is -1.97. The molecule has 4 nitrogen and oxygen atoms in total. The van der Waals surface area contributed by atoms with E-state index in [1.807, 2.05) is 39.0 Å². The van der Waals surface area contributed by atoms with Gasteiger partial charge in [-0.25, -0.2) is 0 Å². The number of nitrogens with two attached hydrogens (primary N) is 1. The third kappa shape index (κ3) is 2.32. The van der Waals surface area contributed by atoms with Gasteiger partial charge >= 0.3 is 0 Å². The van der Waals surface area contributed by atoms with E-state index in [0.717, 1.165) is 34.0 Å². The normalized spacial score (nSPS) is 12.4. The zero-order valence-corrected chi connectivity index (χ0v) is 11.2. The van der Waals surface area contributed by atoms with Gasteiger partial charge in [0.1, 0.15) is 5.76 Å². The summed E-state index contributed by atoms with van der Waals surface area (Å²) >= 11 is 0. The third-order valence-electron chi connectivity index (χ3n) is 3.10. The van der Waals surface area contributed by atoms with Crippen LogP contribution in [0.1, 0.15) is 35.5 Å². The molecule has 0 fully saturated rings. The number of rotatable bonds is 3. The highest BCUT2D eigenvalue weighted by Gasteiger charge is 2.16. The van der Waals surface area contributed by atoms with Crippen molar-refractivity contribution in [1.82, 2.24) is 5.16 Å². The SMILES string of the molecule is Cc1ccc(NC(C)c2c(C)noc2C)c(N)c1. The Morgan fingerprint density at radius 1 is 1.28 bits per heavy atom. The van der Waals surface area contributed by atoms with Crippen LogP contribution in [0.25, 0.3) is 0 Å². The molecule has 1 aromatic heterocycles. The van der Waals surface area contributed by atoms with E-state index in [-0.39, 0.29) is 6.04 Å². The van der Waals surface area contributed by atoms with Gasteiger partial charge in [-0.2, -0.15) is 0 Å². The van der Waals surface area contributed by atoms with Crippen LogP contribution in [0.2, 0.25) is 0 Å². The Kier molecular flexibility index (Phi) is 3.28. The molecule has 0 aliphatic rings. The number of anilines is 2. The molecule has 1 heterocycles. The van der Waals surface area contributed by atoms with Gasteiger partial charge in [0, 0.05) is 5.56 Å². The number of nitrogens with one attached hydrogen (secondary N) is 1. The molecule has 4 heteroatoms. The van der Waals surface area contributed by atoms with Crippen molar-refractivity contribution in [2.24, 2.45) is 0 Å². The molecule has 0 bridgehead atoms. The zero-order chi connectivity index (χ0) is 13.3. The van der Waals surface area contributed by atoms with Crippen molar-refractivity contribution in [3.8, 4) is 0 Å². The number of nitrogens with zero attached hydrogens (tertiary/aromatic N) is 1. The third-order valence-corrected chi connectivity index (χ3v) is 3.10. The predicted octanol–water partition coefficient (Wildman–Crippen LogP) is 3.36. The second kappa shape index (κ2) is 4.72. The van der Waals surface area contributed by atoms with E-state index in [1.165, 1.54) is 0 Å². The molecule has 0 amide bonds. The molecule has 2 rings (SSSR count). The second-order valence-electron chi connectivity index (χ2n) is 4.69. The minimum Gasteiger partial charge on any atom is -0.397 e. The van der Waals surface area contributed by atoms with Crippen LogP contribution in [0.3, 0.4) is 0 Å². The van der Waals surface area contributed by atoms with Crippen molar-refractivity contribution in [3.05, 3.63) is 40.8 Å². The van der Waals surface area contributed by atoms with Gasteiger partial charge < -0.3 is 15.6 Å². The average molecular weight is 245 g/mol. The lowest BCUT2D eigenvalue weighted by Crippen LogP contribution is -2.10. The average Bonchev–Trinajstić information content (AvgIpc) is 2.62. The van der Waals surface area contributed by atoms with Crippen molar-refractivity contribution in [1.29, 1.82) is 0 Å². The van der Waals surface area contributed by atoms with E-state index >= 15 is 0 Å². The van der Waals surface area contributed by atoms with Gasteiger partial charge in [0.2, 0.25) is 0 Å². The van der Waals surface area contributed by atoms with Crippen LogP contribution in [-0.2, 0) is 0 Å². The van der Waals surface area contributed by atoms with Crippen molar-refractivity contribution in [2.75, 3.05) is 11.1 Å². The van der Waals surface area contributed by atoms with Gasteiger partial charge in [0.25, 0.3) is 0 Å². The van der Waals surface area contributed by atoms with Gasteiger partial charge in [0.15, 0.2) is 0 Å². The van der Waals surface area contributed by atoms with Gasteiger partial charge in [-0.05, 0) is 45.4 Å². The van der Waals surface area contributed by atoms with Crippen LogP contribution in [0.4, 0.5) is 11.4 Å². The molecule has 0 saturated carbocycles. The highest BCUT2D eigenvalue weighted by molar-refractivity contribution is 5.67. The molecule has 0 spiro atoms. The molecule has 1 aromatic carbocycles. The Labute approximate surface area is 107 Å². The largest absolute Gasteiger partial charge is 0.397 e. The molecule has 1 atom stereocenters. The van der Waals surface area contributed by atoms with Crippen molar-refractivity contribution >= 4 is 11.4 Å². The van der Waals surface area contributed by atoms with Crippen molar-refractivity contribution in [2.45, 2.75) is 33.7 Å². The predicted molar refractivity (Wildman–Crippen MR) is 73.6 cm³/mol. The highest BCUT2D eigenvalue weighted by atomic mass is 16.5. The molecule has 3 N–H and O–H groups in total. The lowest BCUT2D eigenvalue weighted by molar-refractivity contribution is 0.392. The minimum absolute atomic E-state index is 0.112. The van der Waals surface area contributed by atoms with E-state index in [1.54, 1.807) is 0 Å². The Balaban J connectivity index is 2.24. The number of aromatic nitrogens is 1. The maximum Gasteiger partial charge on any atom is 0.139 e. The summed E-state index contributed by atoms with van der Waals surface area (Å²) in [4.78, 5) is 0. The standard InChI is InChI=1S/C14H19N3O/c1-8-5-6-13(12(15)7-8)16-9(2)14-10(3)17-18-11(14)4/h5-7,9,16H,15H2,1-4H3. The molecule has 0 saturated heterocycles. The molecule has 96 valence electrons. The molecular weight excluding hydrogens is 226 g/mol. The van der Waals surface area contributed by atoms with Gasteiger partial charge in [-0.1, -0.05) is 11.2 Å². The maximum absolute atomic E-state index is 6.00. The molecule has 2 aromatic rings.